The highest BCUT2D eigenvalue weighted by molar-refractivity contribution is 9.10. The Balaban J connectivity index is 1.68. The topological polar surface area (TPSA) is 112 Å². The van der Waals surface area contributed by atoms with Crippen LogP contribution in [0.25, 0.3) is 11.1 Å². The molecule has 40 heavy (non-hydrogen) atoms. The predicted molar refractivity (Wildman–Crippen MR) is 152 cm³/mol. The maximum atomic E-state index is 15.3. The highest BCUT2D eigenvalue weighted by atomic mass is 79.9. The third-order valence-electron chi connectivity index (χ3n) is 6.04. The lowest BCUT2D eigenvalue weighted by Crippen LogP contribution is -2.17. The van der Waals surface area contributed by atoms with Gasteiger partial charge in [0, 0.05) is 34.5 Å². The Hall–Kier alpha value is -4.09. The summed E-state index contributed by atoms with van der Waals surface area (Å²) in [6.07, 6.45) is 2.27. The predicted octanol–water partition coefficient (Wildman–Crippen LogP) is 5.75. The van der Waals surface area contributed by atoms with Crippen LogP contribution in [0, 0.1) is 5.82 Å². The van der Waals surface area contributed by atoms with Crippen LogP contribution in [-0.4, -0.2) is 45.6 Å². The number of ketones is 1. The molecular weight excluding hydrogens is 603 g/mol. The lowest BCUT2D eigenvalue weighted by atomic mass is 9.95. The van der Waals surface area contributed by atoms with Gasteiger partial charge in [-0.15, -0.1) is 0 Å². The summed E-state index contributed by atoms with van der Waals surface area (Å²) < 4.78 is 51.1. The third kappa shape index (κ3) is 6.37. The SMILES string of the molecule is COc1cc(CC(=O)c2ccc(-c3ccccc3S(C)(=O)=O)cc2F)c(C(=O)Nc2ccc(Br)cn2)cc1OC. The highest BCUT2D eigenvalue weighted by Crippen LogP contribution is 2.33. The van der Waals surface area contributed by atoms with Gasteiger partial charge in [0.05, 0.1) is 24.7 Å². The lowest BCUT2D eigenvalue weighted by Gasteiger charge is -2.15. The molecule has 1 amide bonds. The normalized spacial score (nSPS) is 11.1. The van der Waals surface area contributed by atoms with Crippen molar-refractivity contribution in [3.63, 3.8) is 0 Å². The number of aromatic nitrogens is 1. The first-order chi connectivity index (χ1) is 19.0. The van der Waals surface area contributed by atoms with Crippen LogP contribution in [0.4, 0.5) is 10.2 Å². The first-order valence-electron chi connectivity index (χ1n) is 11.8. The number of hydrogen-bond acceptors (Lipinski definition) is 7. The van der Waals surface area contributed by atoms with E-state index in [1.54, 1.807) is 30.3 Å². The summed E-state index contributed by atoms with van der Waals surface area (Å²) >= 11 is 3.29. The Morgan fingerprint density at radius 1 is 0.950 bits per heavy atom. The second-order valence-electron chi connectivity index (χ2n) is 8.74. The van der Waals surface area contributed by atoms with Gasteiger partial charge in [0.15, 0.2) is 27.1 Å². The van der Waals surface area contributed by atoms with E-state index in [2.05, 4.69) is 26.2 Å². The standard InChI is InChI=1S/C29H24BrFN2O6S/c1-38-25-14-18(22(15-26(25)39-2)29(35)33-28-11-9-19(30)16-32-28)13-24(34)21-10-8-17(12-23(21)31)20-6-4-5-7-27(20)40(3,36)37/h4-12,14-16H,13H2,1-3H3,(H,32,33,35). The summed E-state index contributed by atoms with van der Waals surface area (Å²) in [7, 11) is -0.733. The van der Waals surface area contributed by atoms with Crippen LogP contribution in [-0.2, 0) is 16.3 Å². The number of benzene rings is 3. The molecule has 1 aromatic heterocycles. The van der Waals surface area contributed by atoms with Gasteiger partial charge in [-0.05, 0) is 69.5 Å². The number of halogens is 2. The molecule has 1 heterocycles. The van der Waals surface area contributed by atoms with Crippen LogP contribution in [0.15, 0.2) is 82.3 Å². The number of nitrogens with zero attached hydrogens (tertiary/aromatic N) is 1. The molecule has 4 aromatic rings. The van der Waals surface area contributed by atoms with Crippen LogP contribution >= 0.6 is 15.9 Å². The van der Waals surface area contributed by atoms with E-state index in [0.717, 1.165) is 16.8 Å². The van der Waals surface area contributed by atoms with Crippen molar-refractivity contribution in [2.24, 2.45) is 0 Å². The maximum absolute atomic E-state index is 15.3. The van der Waals surface area contributed by atoms with E-state index in [-0.39, 0.29) is 45.3 Å². The number of Topliss-reactive ketones (excluding diaryl/α,β-unsaturated/α-hetero) is 1. The van der Waals surface area contributed by atoms with Crippen LogP contribution in [0.1, 0.15) is 26.3 Å². The minimum absolute atomic E-state index is 0.0507. The van der Waals surface area contributed by atoms with Gasteiger partial charge in [0.2, 0.25) is 0 Å². The minimum Gasteiger partial charge on any atom is -0.493 e. The van der Waals surface area contributed by atoms with Gasteiger partial charge >= 0.3 is 0 Å². The molecule has 0 spiro atoms. The largest absolute Gasteiger partial charge is 0.493 e. The molecule has 0 aliphatic rings. The fourth-order valence-corrected chi connectivity index (χ4v) is 5.26. The smallest absolute Gasteiger partial charge is 0.257 e. The fraction of sp³-hybridized carbons (Fsp3) is 0.138. The van der Waals surface area contributed by atoms with E-state index in [4.69, 9.17) is 9.47 Å². The molecule has 0 aliphatic heterocycles. The Bertz CT molecular complexity index is 1710. The molecule has 0 unspecified atom stereocenters. The summed E-state index contributed by atoms with van der Waals surface area (Å²) in [6, 6.07) is 16.4. The molecular formula is C29H24BrFN2O6S. The highest BCUT2D eigenvalue weighted by Gasteiger charge is 2.22. The van der Waals surface area contributed by atoms with Crippen LogP contribution in [0.2, 0.25) is 0 Å². The van der Waals surface area contributed by atoms with E-state index < -0.39 is 27.3 Å². The summed E-state index contributed by atoms with van der Waals surface area (Å²) in [5, 5.41) is 2.68. The number of carbonyl (C=O) groups excluding carboxylic acids is 2. The number of methoxy groups -OCH3 is 2. The average Bonchev–Trinajstić information content (AvgIpc) is 2.93. The number of pyridine rings is 1. The monoisotopic (exact) mass is 626 g/mol. The second kappa shape index (κ2) is 12.0. The quantitative estimate of drug-likeness (QED) is 0.235. The Kier molecular flexibility index (Phi) is 8.65. The van der Waals surface area contributed by atoms with E-state index >= 15 is 4.39 Å². The van der Waals surface area contributed by atoms with Crippen molar-refractivity contribution in [3.8, 4) is 22.6 Å². The van der Waals surface area contributed by atoms with Crippen molar-refractivity contribution in [2.45, 2.75) is 11.3 Å². The molecule has 8 nitrogen and oxygen atoms in total. The molecule has 0 radical (unpaired) electrons. The van der Waals surface area contributed by atoms with E-state index in [1.807, 2.05) is 0 Å². The van der Waals surface area contributed by atoms with Crippen molar-refractivity contribution >= 4 is 43.3 Å². The van der Waals surface area contributed by atoms with Gasteiger partial charge in [-0.2, -0.15) is 0 Å². The number of carbonyl (C=O) groups is 2. The maximum Gasteiger partial charge on any atom is 0.257 e. The van der Waals surface area contributed by atoms with Crippen molar-refractivity contribution < 1.29 is 31.9 Å². The summed E-state index contributed by atoms with van der Waals surface area (Å²) in [4.78, 5) is 30.7. The number of rotatable bonds is 9. The zero-order valence-corrected chi connectivity index (χ0v) is 24.1. The lowest BCUT2D eigenvalue weighted by molar-refractivity contribution is 0.0988. The van der Waals surface area contributed by atoms with E-state index in [1.165, 1.54) is 50.7 Å². The number of ether oxygens (including phenoxy) is 2. The molecule has 3 aromatic carbocycles. The number of hydrogen-bond donors (Lipinski definition) is 1. The van der Waals surface area contributed by atoms with Crippen LogP contribution < -0.4 is 14.8 Å². The second-order valence-corrected chi connectivity index (χ2v) is 11.6. The molecule has 0 bridgehead atoms. The van der Waals surface area contributed by atoms with Gasteiger partial charge < -0.3 is 14.8 Å². The third-order valence-corrected chi connectivity index (χ3v) is 7.67. The Labute approximate surface area is 239 Å². The van der Waals surface area contributed by atoms with Crippen molar-refractivity contribution in [2.75, 3.05) is 25.8 Å². The summed E-state index contributed by atoms with van der Waals surface area (Å²) in [5.41, 5.74) is 0.820. The zero-order chi connectivity index (χ0) is 29.0. The van der Waals surface area contributed by atoms with Gasteiger partial charge in [0.1, 0.15) is 11.6 Å². The average molecular weight is 627 g/mol. The molecule has 206 valence electrons. The number of anilines is 1. The molecule has 0 atom stereocenters. The van der Waals surface area contributed by atoms with Crippen LogP contribution in [0.5, 0.6) is 11.5 Å². The number of amides is 1. The molecule has 4 rings (SSSR count). The van der Waals surface area contributed by atoms with Crippen LogP contribution in [0.3, 0.4) is 0 Å². The van der Waals surface area contributed by atoms with Gasteiger partial charge in [-0.3, -0.25) is 9.59 Å². The van der Waals surface area contributed by atoms with Gasteiger partial charge in [0.25, 0.3) is 5.91 Å². The molecule has 0 saturated heterocycles. The number of sulfone groups is 1. The van der Waals surface area contributed by atoms with E-state index in [9.17, 15) is 18.0 Å². The molecule has 11 heteroatoms. The van der Waals surface area contributed by atoms with Crippen molar-refractivity contribution in [1.29, 1.82) is 0 Å². The molecule has 0 aliphatic carbocycles. The van der Waals surface area contributed by atoms with Crippen molar-refractivity contribution in [3.05, 3.63) is 99.9 Å². The van der Waals surface area contributed by atoms with Gasteiger partial charge in [-0.1, -0.05) is 24.3 Å². The zero-order valence-electron chi connectivity index (χ0n) is 21.7. The first-order valence-corrected chi connectivity index (χ1v) is 14.5. The Morgan fingerprint density at radius 3 is 2.27 bits per heavy atom. The molecule has 1 N–H and O–H groups in total. The summed E-state index contributed by atoms with van der Waals surface area (Å²) in [6.45, 7) is 0. The van der Waals surface area contributed by atoms with Crippen molar-refractivity contribution in [1.82, 2.24) is 4.98 Å². The summed E-state index contributed by atoms with van der Waals surface area (Å²) in [5.74, 6) is -1.12. The first kappa shape index (κ1) is 28.9. The minimum atomic E-state index is -3.57. The molecule has 0 saturated carbocycles. The fourth-order valence-electron chi connectivity index (χ4n) is 4.12. The Morgan fingerprint density at radius 2 is 1.65 bits per heavy atom. The number of nitrogens with one attached hydrogen (secondary N) is 1. The van der Waals surface area contributed by atoms with Gasteiger partial charge in [-0.25, -0.2) is 17.8 Å². The molecule has 0 fully saturated rings. The van der Waals surface area contributed by atoms with E-state index in [0.29, 0.717) is 11.1 Å².